The number of ether oxygens (including phenoxy) is 1. The van der Waals surface area contributed by atoms with Gasteiger partial charge in [0.05, 0.1) is 23.8 Å². The Morgan fingerprint density at radius 1 is 1.36 bits per heavy atom. The van der Waals surface area contributed by atoms with Crippen LogP contribution in [-0.4, -0.2) is 38.6 Å². The first kappa shape index (κ1) is 16.6. The highest BCUT2D eigenvalue weighted by Gasteiger charge is 2.29. The van der Waals surface area contributed by atoms with E-state index in [0.29, 0.717) is 30.4 Å². The van der Waals surface area contributed by atoms with Crippen LogP contribution in [0.4, 0.5) is 10.5 Å². The van der Waals surface area contributed by atoms with Crippen molar-refractivity contribution in [3.05, 3.63) is 24.3 Å². The highest BCUT2D eigenvalue weighted by molar-refractivity contribution is 7.91. The molecule has 1 aromatic carbocycles. The van der Waals surface area contributed by atoms with Crippen LogP contribution in [-0.2, 0) is 9.84 Å². The van der Waals surface area contributed by atoms with Crippen LogP contribution in [0, 0.1) is 5.92 Å². The maximum absolute atomic E-state index is 12.0. The van der Waals surface area contributed by atoms with Gasteiger partial charge in [0.15, 0.2) is 9.84 Å². The van der Waals surface area contributed by atoms with Crippen LogP contribution in [0.25, 0.3) is 0 Å². The van der Waals surface area contributed by atoms with E-state index in [1.165, 1.54) is 0 Å². The van der Waals surface area contributed by atoms with Crippen molar-refractivity contribution in [1.29, 1.82) is 0 Å². The molecule has 0 radical (unpaired) electrons. The van der Waals surface area contributed by atoms with Crippen molar-refractivity contribution < 1.29 is 17.9 Å². The molecule has 0 spiro atoms. The topological polar surface area (TPSA) is 84.5 Å². The summed E-state index contributed by atoms with van der Waals surface area (Å²) in [7, 11) is -3.01. The molecule has 7 heteroatoms. The Morgan fingerprint density at radius 3 is 2.73 bits per heavy atom. The molecule has 1 atom stereocenters. The van der Waals surface area contributed by atoms with Gasteiger partial charge in [-0.15, -0.1) is 0 Å². The first-order valence-corrected chi connectivity index (χ1v) is 9.17. The van der Waals surface area contributed by atoms with Gasteiger partial charge in [-0.25, -0.2) is 13.2 Å². The molecule has 6 nitrogen and oxygen atoms in total. The number of urea groups is 1. The summed E-state index contributed by atoms with van der Waals surface area (Å²) in [5, 5.41) is 5.41. The molecule has 2 N–H and O–H groups in total. The average Bonchev–Trinajstić information content (AvgIpc) is 2.76. The van der Waals surface area contributed by atoms with Crippen LogP contribution in [0.3, 0.4) is 0 Å². The summed E-state index contributed by atoms with van der Waals surface area (Å²) in [4.78, 5) is 12.0. The predicted octanol–water partition coefficient (Wildman–Crippen LogP) is 2.03. The SMILES string of the molecule is CC(C)COc1ccccc1NC(=O)N[C@@H]1CCS(=O)(=O)C1. The maximum atomic E-state index is 12.0. The summed E-state index contributed by atoms with van der Waals surface area (Å²) in [5.74, 6) is 1.12. The van der Waals surface area contributed by atoms with Gasteiger partial charge in [0.1, 0.15) is 5.75 Å². The molecule has 122 valence electrons. The molecule has 1 aliphatic rings. The number of sulfone groups is 1. The van der Waals surface area contributed by atoms with Gasteiger partial charge in [-0.05, 0) is 24.5 Å². The fraction of sp³-hybridized carbons (Fsp3) is 0.533. The zero-order valence-electron chi connectivity index (χ0n) is 12.8. The quantitative estimate of drug-likeness (QED) is 0.867. The molecule has 0 aliphatic carbocycles. The number of amides is 2. The lowest BCUT2D eigenvalue weighted by atomic mass is 10.2. The van der Waals surface area contributed by atoms with E-state index >= 15 is 0 Å². The van der Waals surface area contributed by atoms with Crippen LogP contribution in [0.15, 0.2) is 24.3 Å². The van der Waals surface area contributed by atoms with E-state index in [1.807, 2.05) is 19.9 Å². The Morgan fingerprint density at radius 2 is 2.09 bits per heavy atom. The molecule has 0 saturated carbocycles. The molecule has 1 aromatic rings. The highest BCUT2D eigenvalue weighted by atomic mass is 32.2. The zero-order valence-corrected chi connectivity index (χ0v) is 13.7. The fourth-order valence-electron chi connectivity index (χ4n) is 2.20. The summed E-state index contributed by atoms with van der Waals surface area (Å²) in [6.07, 6.45) is 0.460. The highest BCUT2D eigenvalue weighted by Crippen LogP contribution is 2.24. The van der Waals surface area contributed by atoms with Crippen molar-refractivity contribution in [2.24, 2.45) is 5.92 Å². The number of carbonyl (C=O) groups excluding carboxylic acids is 1. The third kappa shape index (κ3) is 4.91. The number of carbonyl (C=O) groups is 1. The summed E-state index contributed by atoms with van der Waals surface area (Å²) >= 11 is 0. The van der Waals surface area contributed by atoms with Crippen molar-refractivity contribution in [1.82, 2.24) is 5.32 Å². The Labute approximate surface area is 131 Å². The first-order chi connectivity index (χ1) is 10.4. The Kier molecular flexibility index (Phi) is 5.28. The average molecular weight is 326 g/mol. The normalized spacial score (nSPS) is 19.9. The predicted molar refractivity (Wildman–Crippen MR) is 86.0 cm³/mol. The summed E-state index contributed by atoms with van der Waals surface area (Å²) in [5.41, 5.74) is 0.571. The maximum Gasteiger partial charge on any atom is 0.319 e. The van der Waals surface area contributed by atoms with Crippen LogP contribution >= 0.6 is 0 Å². The Hall–Kier alpha value is -1.76. The van der Waals surface area contributed by atoms with Gasteiger partial charge in [0.2, 0.25) is 0 Å². The van der Waals surface area contributed by atoms with Crippen molar-refractivity contribution >= 4 is 21.6 Å². The van der Waals surface area contributed by atoms with Crippen LogP contribution in [0.5, 0.6) is 5.75 Å². The number of para-hydroxylation sites is 2. The summed E-state index contributed by atoms with van der Waals surface area (Å²) in [6, 6.07) is 6.44. The second-order valence-electron chi connectivity index (χ2n) is 5.90. The molecular weight excluding hydrogens is 304 g/mol. The molecule has 1 fully saturated rings. The second kappa shape index (κ2) is 7.00. The number of hydrogen-bond donors (Lipinski definition) is 2. The van der Waals surface area contributed by atoms with Crippen molar-refractivity contribution in [2.75, 3.05) is 23.4 Å². The first-order valence-electron chi connectivity index (χ1n) is 7.35. The molecule has 2 amide bonds. The van der Waals surface area contributed by atoms with Crippen molar-refractivity contribution in [3.8, 4) is 5.75 Å². The standard InChI is InChI=1S/C15H22N2O4S/c1-11(2)9-21-14-6-4-3-5-13(14)17-15(18)16-12-7-8-22(19,20)10-12/h3-6,11-12H,7-10H2,1-2H3,(H2,16,17,18)/t12-/m1/s1. The minimum absolute atomic E-state index is 0.00587. The van der Waals surface area contributed by atoms with E-state index in [2.05, 4.69) is 10.6 Å². The third-order valence-corrected chi connectivity index (χ3v) is 5.04. The van der Waals surface area contributed by atoms with E-state index in [9.17, 15) is 13.2 Å². The molecule has 0 unspecified atom stereocenters. The lowest BCUT2D eigenvalue weighted by Gasteiger charge is -2.16. The lowest BCUT2D eigenvalue weighted by Crippen LogP contribution is -2.38. The largest absolute Gasteiger partial charge is 0.491 e. The van der Waals surface area contributed by atoms with E-state index in [1.54, 1.807) is 18.2 Å². The van der Waals surface area contributed by atoms with E-state index < -0.39 is 15.9 Å². The molecule has 0 aromatic heterocycles. The number of benzene rings is 1. The number of nitrogens with one attached hydrogen (secondary N) is 2. The van der Waals surface area contributed by atoms with Gasteiger partial charge in [0, 0.05) is 6.04 Å². The van der Waals surface area contributed by atoms with Gasteiger partial charge in [0.25, 0.3) is 0 Å². The van der Waals surface area contributed by atoms with E-state index in [0.717, 1.165) is 0 Å². The van der Waals surface area contributed by atoms with Crippen molar-refractivity contribution in [3.63, 3.8) is 0 Å². The Balaban J connectivity index is 1.94. The number of hydrogen-bond acceptors (Lipinski definition) is 4. The van der Waals surface area contributed by atoms with Crippen LogP contribution in [0.2, 0.25) is 0 Å². The number of anilines is 1. The summed E-state index contributed by atoms with van der Waals surface area (Å²) < 4.78 is 28.4. The third-order valence-electron chi connectivity index (χ3n) is 3.28. The minimum Gasteiger partial charge on any atom is -0.491 e. The molecule has 1 heterocycles. The fourth-order valence-corrected chi connectivity index (χ4v) is 3.88. The Bertz CT molecular complexity index is 628. The lowest BCUT2D eigenvalue weighted by molar-refractivity contribution is 0.248. The van der Waals surface area contributed by atoms with Gasteiger partial charge in [-0.1, -0.05) is 26.0 Å². The van der Waals surface area contributed by atoms with Gasteiger partial charge in [-0.2, -0.15) is 0 Å². The monoisotopic (exact) mass is 326 g/mol. The van der Waals surface area contributed by atoms with Crippen LogP contribution in [0.1, 0.15) is 20.3 Å². The molecule has 22 heavy (non-hydrogen) atoms. The van der Waals surface area contributed by atoms with Crippen molar-refractivity contribution in [2.45, 2.75) is 26.3 Å². The minimum atomic E-state index is -3.01. The number of rotatable bonds is 5. The smallest absolute Gasteiger partial charge is 0.319 e. The zero-order chi connectivity index (χ0) is 16.2. The van der Waals surface area contributed by atoms with E-state index in [4.69, 9.17) is 4.74 Å². The molecule has 1 saturated heterocycles. The van der Waals surface area contributed by atoms with Gasteiger partial charge >= 0.3 is 6.03 Å². The van der Waals surface area contributed by atoms with Crippen LogP contribution < -0.4 is 15.4 Å². The summed E-state index contributed by atoms with van der Waals surface area (Å²) in [6.45, 7) is 4.65. The van der Waals surface area contributed by atoms with Gasteiger partial charge in [-0.3, -0.25) is 0 Å². The molecule has 1 aliphatic heterocycles. The van der Waals surface area contributed by atoms with E-state index in [-0.39, 0.29) is 17.5 Å². The molecule has 2 rings (SSSR count). The molecular formula is C15H22N2O4S. The second-order valence-corrected chi connectivity index (χ2v) is 8.13. The molecule has 0 bridgehead atoms. The van der Waals surface area contributed by atoms with Gasteiger partial charge < -0.3 is 15.4 Å².